The van der Waals surface area contributed by atoms with Gasteiger partial charge in [-0.1, -0.05) is 45.0 Å². The second kappa shape index (κ2) is 5.50. The van der Waals surface area contributed by atoms with Crippen molar-refractivity contribution in [3.05, 3.63) is 41.0 Å². The molecule has 1 nitrogen and oxygen atoms in total. The third kappa shape index (κ3) is 3.19. The van der Waals surface area contributed by atoms with Gasteiger partial charge in [-0.3, -0.25) is 0 Å². The molecule has 0 aromatic heterocycles. The fourth-order valence-corrected chi connectivity index (χ4v) is 1.74. The normalized spacial score (nSPS) is 13.5. The molecular formula is C16H24O. The van der Waals surface area contributed by atoms with Crippen LogP contribution in [0.2, 0.25) is 0 Å². The maximum atomic E-state index is 9.13. The van der Waals surface area contributed by atoms with Crippen LogP contribution in [0.1, 0.15) is 52.2 Å². The Labute approximate surface area is 105 Å². The average Bonchev–Trinajstić information content (AvgIpc) is 2.37. The van der Waals surface area contributed by atoms with Crippen LogP contribution in [0.4, 0.5) is 0 Å². The molecule has 0 unspecified atom stereocenters. The molecule has 0 spiro atoms. The highest BCUT2D eigenvalue weighted by Crippen LogP contribution is 2.28. The lowest BCUT2D eigenvalue weighted by atomic mass is 9.82. The molecule has 0 atom stereocenters. The zero-order valence-electron chi connectivity index (χ0n) is 11.7. The minimum absolute atomic E-state index is 0.133. The molecule has 0 saturated carbocycles. The molecule has 17 heavy (non-hydrogen) atoms. The van der Waals surface area contributed by atoms with Crippen molar-refractivity contribution in [3.8, 4) is 0 Å². The largest absolute Gasteiger partial charge is 0.392 e. The lowest BCUT2D eigenvalue weighted by Crippen LogP contribution is -2.15. The van der Waals surface area contributed by atoms with Gasteiger partial charge in [-0.25, -0.2) is 0 Å². The Morgan fingerprint density at radius 1 is 1.12 bits per heavy atom. The van der Waals surface area contributed by atoms with Crippen molar-refractivity contribution < 1.29 is 5.11 Å². The quantitative estimate of drug-likeness (QED) is 0.826. The van der Waals surface area contributed by atoms with E-state index in [1.165, 1.54) is 16.7 Å². The van der Waals surface area contributed by atoms with Gasteiger partial charge in [0.05, 0.1) is 6.61 Å². The zero-order chi connectivity index (χ0) is 13.1. The summed E-state index contributed by atoms with van der Waals surface area (Å²) in [5, 5.41) is 9.13. The molecule has 1 rings (SSSR count). The molecule has 0 saturated heterocycles. The van der Waals surface area contributed by atoms with Gasteiger partial charge in [0.25, 0.3) is 0 Å². The summed E-state index contributed by atoms with van der Waals surface area (Å²) < 4.78 is 0. The fourth-order valence-electron chi connectivity index (χ4n) is 1.74. The van der Waals surface area contributed by atoms with Crippen LogP contribution in [0, 0.1) is 0 Å². The molecule has 0 bridgehead atoms. The Balaban J connectivity index is 3.05. The highest BCUT2D eigenvalue weighted by molar-refractivity contribution is 5.66. The Morgan fingerprint density at radius 3 is 2.06 bits per heavy atom. The van der Waals surface area contributed by atoms with Crippen LogP contribution in [-0.2, 0) is 5.41 Å². The van der Waals surface area contributed by atoms with E-state index in [0.717, 1.165) is 12.0 Å². The van der Waals surface area contributed by atoms with Gasteiger partial charge in [0, 0.05) is 0 Å². The number of allylic oxidation sites excluding steroid dienone is 1. The number of aliphatic hydroxyl groups excluding tert-OH is 1. The summed E-state index contributed by atoms with van der Waals surface area (Å²) >= 11 is 0. The van der Waals surface area contributed by atoms with Gasteiger partial charge >= 0.3 is 0 Å². The molecule has 0 aliphatic carbocycles. The Bertz CT molecular complexity index is 396. The van der Waals surface area contributed by atoms with Gasteiger partial charge in [0.1, 0.15) is 0 Å². The second-order valence-electron chi connectivity index (χ2n) is 5.38. The van der Waals surface area contributed by atoms with Crippen molar-refractivity contribution in [2.45, 2.75) is 46.5 Å². The van der Waals surface area contributed by atoms with Crippen molar-refractivity contribution in [1.29, 1.82) is 0 Å². The van der Waals surface area contributed by atoms with E-state index in [2.05, 4.69) is 52.0 Å². The predicted octanol–water partition coefficient (Wildman–Crippen LogP) is 4.16. The van der Waals surface area contributed by atoms with Crippen molar-refractivity contribution >= 4 is 5.57 Å². The highest BCUT2D eigenvalue weighted by atomic mass is 16.3. The van der Waals surface area contributed by atoms with Crippen molar-refractivity contribution in [1.82, 2.24) is 0 Å². The van der Waals surface area contributed by atoms with Gasteiger partial charge < -0.3 is 5.11 Å². The van der Waals surface area contributed by atoms with E-state index in [-0.39, 0.29) is 12.0 Å². The van der Waals surface area contributed by atoms with Crippen LogP contribution < -0.4 is 0 Å². The Morgan fingerprint density at radius 2 is 1.65 bits per heavy atom. The first kappa shape index (κ1) is 14.0. The van der Waals surface area contributed by atoms with Crippen LogP contribution in [0.25, 0.3) is 5.57 Å². The van der Waals surface area contributed by atoms with E-state index in [1.807, 2.05) is 6.92 Å². The first-order chi connectivity index (χ1) is 7.92. The fraction of sp³-hybridized carbons (Fsp3) is 0.500. The van der Waals surface area contributed by atoms with E-state index in [4.69, 9.17) is 5.11 Å². The molecule has 0 heterocycles. The summed E-state index contributed by atoms with van der Waals surface area (Å²) in [5.74, 6) is 0. The first-order valence-electron chi connectivity index (χ1n) is 6.30. The van der Waals surface area contributed by atoms with Crippen molar-refractivity contribution in [2.75, 3.05) is 6.61 Å². The molecule has 1 aromatic rings. The van der Waals surface area contributed by atoms with Crippen molar-refractivity contribution in [2.24, 2.45) is 0 Å². The van der Waals surface area contributed by atoms with Gasteiger partial charge in [0.15, 0.2) is 0 Å². The van der Waals surface area contributed by atoms with Gasteiger partial charge in [-0.05, 0) is 48.0 Å². The maximum absolute atomic E-state index is 9.13. The lowest BCUT2D eigenvalue weighted by Gasteiger charge is -2.23. The van der Waals surface area contributed by atoms with E-state index >= 15 is 0 Å². The number of rotatable bonds is 4. The van der Waals surface area contributed by atoms with Crippen LogP contribution in [0.15, 0.2) is 29.8 Å². The Hall–Kier alpha value is -1.08. The van der Waals surface area contributed by atoms with Crippen LogP contribution in [0.3, 0.4) is 0 Å². The third-order valence-corrected chi connectivity index (χ3v) is 3.86. The standard InChI is InChI=1S/C16H24O/c1-6-16(4,5)15-9-7-14(8-10-15)13(3)12(2)11-17/h7-10,17H,6,11H2,1-5H3/b13-12+. The second-order valence-corrected chi connectivity index (χ2v) is 5.38. The molecule has 1 heteroatoms. The molecule has 1 aromatic carbocycles. The summed E-state index contributed by atoms with van der Waals surface area (Å²) in [6.07, 6.45) is 1.14. The summed E-state index contributed by atoms with van der Waals surface area (Å²) in [6, 6.07) is 8.71. The molecule has 1 N–H and O–H groups in total. The molecule has 94 valence electrons. The van der Waals surface area contributed by atoms with E-state index in [9.17, 15) is 0 Å². The number of hydrogen-bond acceptors (Lipinski definition) is 1. The predicted molar refractivity (Wildman–Crippen MR) is 75.1 cm³/mol. The molecular weight excluding hydrogens is 208 g/mol. The highest BCUT2D eigenvalue weighted by Gasteiger charge is 2.17. The minimum Gasteiger partial charge on any atom is -0.392 e. The molecule has 0 amide bonds. The number of aliphatic hydroxyl groups is 1. The first-order valence-corrected chi connectivity index (χ1v) is 6.30. The van der Waals surface area contributed by atoms with Crippen LogP contribution >= 0.6 is 0 Å². The monoisotopic (exact) mass is 232 g/mol. The zero-order valence-corrected chi connectivity index (χ0v) is 11.7. The molecule has 0 aliphatic heterocycles. The van der Waals surface area contributed by atoms with E-state index in [1.54, 1.807) is 0 Å². The summed E-state index contributed by atoms with van der Waals surface area (Å²) in [7, 11) is 0. The molecule has 0 fully saturated rings. The summed E-state index contributed by atoms with van der Waals surface area (Å²) in [6.45, 7) is 10.9. The SMILES string of the molecule is CCC(C)(C)c1ccc(/C(C)=C(\C)CO)cc1. The van der Waals surface area contributed by atoms with Crippen LogP contribution in [-0.4, -0.2) is 11.7 Å². The number of benzene rings is 1. The summed E-state index contributed by atoms with van der Waals surface area (Å²) in [5.41, 5.74) is 5.02. The van der Waals surface area contributed by atoms with Crippen LogP contribution in [0.5, 0.6) is 0 Å². The van der Waals surface area contributed by atoms with Gasteiger partial charge in [0.2, 0.25) is 0 Å². The number of hydrogen-bond donors (Lipinski definition) is 1. The van der Waals surface area contributed by atoms with E-state index in [0.29, 0.717) is 0 Å². The average molecular weight is 232 g/mol. The topological polar surface area (TPSA) is 20.2 Å². The molecule has 0 aliphatic rings. The lowest BCUT2D eigenvalue weighted by molar-refractivity contribution is 0.332. The summed E-state index contributed by atoms with van der Waals surface area (Å²) in [4.78, 5) is 0. The van der Waals surface area contributed by atoms with Gasteiger partial charge in [-0.2, -0.15) is 0 Å². The Kier molecular flexibility index (Phi) is 4.53. The third-order valence-electron chi connectivity index (χ3n) is 3.86. The van der Waals surface area contributed by atoms with E-state index < -0.39 is 0 Å². The molecule has 0 radical (unpaired) electrons. The smallest absolute Gasteiger partial charge is 0.0644 e. The maximum Gasteiger partial charge on any atom is 0.0644 e. The van der Waals surface area contributed by atoms with Gasteiger partial charge in [-0.15, -0.1) is 0 Å². The minimum atomic E-state index is 0.133. The van der Waals surface area contributed by atoms with Crippen molar-refractivity contribution in [3.63, 3.8) is 0 Å².